The second-order valence-corrected chi connectivity index (χ2v) is 9.77. The molecule has 1 atom stereocenters. The third kappa shape index (κ3) is 6.59. The van der Waals surface area contributed by atoms with Gasteiger partial charge >= 0.3 is 5.91 Å². The van der Waals surface area contributed by atoms with Crippen LogP contribution in [0.3, 0.4) is 0 Å². The number of nitrogens with one attached hydrogen (secondary N) is 1. The number of hydrogen-bond donors (Lipinski definition) is 2. The molecule has 1 saturated heterocycles. The number of rotatable bonds is 10. The number of carbonyl (C=O) groups is 3. The predicted octanol–water partition coefficient (Wildman–Crippen LogP) is 2.57. The highest BCUT2D eigenvalue weighted by Crippen LogP contribution is 2.33. The fourth-order valence-corrected chi connectivity index (χ4v) is 4.85. The molecule has 40 heavy (non-hydrogen) atoms. The van der Waals surface area contributed by atoms with E-state index in [4.69, 9.17) is 19.4 Å². The van der Waals surface area contributed by atoms with Gasteiger partial charge < -0.3 is 19.1 Å². The first kappa shape index (κ1) is 27.2. The van der Waals surface area contributed by atoms with Gasteiger partial charge in [0.25, 0.3) is 0 Å². The van der Waals surface area contributed by atoms with Crippen molar-refractivity contribution in [3.8, 4) is 17.2 Å². The third-order valence-corrected chi connectivity index (χ3v) is 7.08. The Morgan fingerprint density at radius 3 is 2.27 bits per heavy atom. The van der Waals surface area contributed by atoms with E-state index in [1.807, 2.05) is 48.5 Å². The Balaban J connectivity index is 1.19. The van der Waals surface area contributed by atoms with Crippen LogP contribution in [0.1, 0.15) is 16.7 Å². The molecule has 10 nitrogen and oxygen atoms in total. The molecular weight excluding hydrogens is 514 g/mol. The maximum absolute atomic E-state index is 13.5. The number of ketones is 1. The summed E-state index contributed by atoms with van der Waals surface area (Å²) in [6, 6.07) is 22.7. The van der Waals surface area contributed by atoms with Crippen LogP contribution in [0.4, 0.5) is 0 Å². The average Bonchev–Trinajstić information content (AvgIpc) is 3.47. The molecule has 3 aromatic rings. The highest BCUT2D eigenvalue weighted by molar-refractivity contribution is 6.40. The number of hydroxylamine groups is 1. The Morgan fingerprint density at radius 2 is 1.55 bits per heavy atom. The fourth-order valence-electron chi connectivity index (χ4n) is 4.85. The number of benzene rings is 3. The smallest absolute Gasteiger partial charge is 0.311 e. The summed E-state index contributed by atoms with van der Waals surface area (Å²) in [6.45, 7) is 3.38. The fraction of sp³-hybridized carbons (Fsp3) is 0.300. The Labute approximate surface area is 232 Å². The van der Waals surface area contributed by atoms with Crippen molar-refractivity contribution < 1.29 is 33.8 Å². The third-order valence-electron chi connectivity index (χ3n) is 7.08. The lowest BCUT2D eigenvalue weighted by molar-refractivity contribution is -0.151. The minimum absolute atomic E-state index is 0.0292. The minimum Gasteiger partial charge on any atom is -0.489 e. The molecule has 0 radical (unpaired) electrons. The summed E-state index contributed by atoms with van der Waals surface area (Å²) in [5, 5.41) is 9.05. The monoisotopic (exact) mass is 545 g/mol. The van der Waals surface area contributed by atoms with E-state index in [-0.39, 0.29) is 13.2 Å². The van der Waals surface area contributed by atoms with Crippen molar-refractivity contribution in [1.82, 2.24) is 15.3 Å². The molecule has 1 fully saturated rings. The van der Waals surface area contributed by atoms with Crippen molar-refractivity contribution in [1.29, 1.82) is 0 Å². The number of piperazine rings is 1. The van der Waals surface area contributed by atoms with E-state index in [0.717, 1.165) is 22.6 Å². The van der Waals surface area contributed by atoms with Gasteiger partial charge in [-0.25, -0.2) is 5.48 Å². The molecule has 3 aromatic carbocycles. The lowest BCUT2D eigenvalue weighted by atomic mass is 9.93. The molecule has 0 bridgehead atoms. The molecule has 10 heteroatoms. The lowest BCUT2D eigenvalue weighted by Crippen LogP contribution is -2.52. The topological polar surface area (TPSA) is 118 Å². The van der Waals surface area contributed by atoms with Crippen LogP contribution in [0.5, 0.6) is 17.2 Å². The molecule has 2 aliphatic rings. The summed E-state index contributed by atoms with van der Waals surface area (Å²) in [5.41, 5.74) is 4.19. The van der Waals surface area contributed by atoms with Gasteiger partial charge in [0.2, 0.25) is 18.5 Å². The second-order valence-electron chi connectivity index (χ2n) is 9.77. The summed E-state index contributed by atoms with van der Waals surface area (Å²) < 4.78 is 16.6. The van der Waals surface area contributed by atoms with E-state index >= 15 is 0 Å². The molecule has 1 unspecified atom stereocenters. The summed E-state index contributed by atoms with van der Waals surface area (Å²) in [5.74, 6) is -1.75. The van der Waals surface area contributed by atoms with E-state index in [2.05, 4.69) is 4.90 Å². The first-order valence-electron chi connectivity index (χ1n) is 13.1. The van der Waals surface area contributed by atoms with Gasteiger partial charge in [-0.1, -0.05) is 48.5 Å². The quantitative estimate of drug-likeness (QED) is 0.173. The highest BCUT2D eigenvalue weighted by Gasteiger charge is 2.36. The number of nitrogens with zero attached hydrogens (tertiary/aromatic N) is 2. The predicted molar refractivity (Wildman–Crippen MR) is 144 cm³/mol. The minimum atomic E-state index is -1.25. The zero-order valence-electron chi connectivity index (χ0n) is 22.0. The Kier molecular flexibility index (Phi) is 8.58. The Morgan fingerprint density at radius 1 is 0.850 bits per heavy atom. The van der Waals surface area contributed by atoms with Gasteiger partial charge in [-0.3, -0.25) is 24.5 Å². The van der Waals surface area contributed by atoms with Gasteiger partial charge in [0.1, 0.15) is 18.3 Å². The van der Waals surface area contributed by atoms with Crippen molar-refractivity contribution in [2.24, 2.45) is 5.92 Å². The van der Waals surface area contributed by atoms with Gasteiger partial charge in [0.15, 0.2) is 11.5 Å². The SMILES string of the molecule is O=C(NO)C(=O)C(Cc1ccc(OCc2ccccc2)cc1)C(=O)N1CCN(Cc2ccc3c(c2)OCO3)CC1. The molecule has 0 aliphatic carbocycles. The molecule has 208 valence electrons. The number of carbonyl (C=O) groups excluding carboxylic acids is 3. The van der Waals surface area contributed by atoms with Crippen LogP contribution in [0.15, 0.2) is 72.8 Å². The first-order chi connectivity index (χ1) is 19.5. The summed E-state index contributed by atoms with van der Waals surface area (Å²) in [6.07, 6.45) is 0.0292. The zero-order valence-corrected chi connectivity index (χ0v) is 22.0. The maximum Gasteiger partial charge on any atom is 0.311 e. The maximum atomic E-state index is 13.5. The standard InChI is InChI=1S/C30H31N3O7/c34-28(29(35)31-37)25(16-21-6-9-24(10-7-21)38-19-22-4-2-1-3-5-22)30(36)33-14-12-32(13-15-33)18-23-8-11-26-27(17-23)40-20-39-26/h1-11,17,25,37H,12-16,18-20H2,(H,31,35). The van der Waals surface area contributed by atoms with E-state index in [1.165, 1.54) is 5.48 Å². The van der Waals surface area contributed by atoms with Crippen LogP contribution in [0.25, 0.3) is 0 Å². The number of Topliss-reactive ketones (excluding diaryl/α,β-unsaturated/α-hetero) is 1. The van der Waals surface area contributed by atoms with Crippen LogP contribution >= 0.6 is 0 Å². The summed E-state index contributed by atoms with van der Waals surface area (Å²) in [4.78, 5) is 42.1. The average molecular weight is 546 g/mol. The van der Waals surface area contributed by atoms with Crippen LogP contribution in [-0.2, 0) is 34.0 Å². The zero-order chi connectivity index (χ0) is 27.9. The van der Waals surface area contributed by atoms with Gasteiger partial charge in [-0.15, -0.1) is 0 Å². The molecule has 0 saturated carbocycles. The van der Waals surface area contributed by atoms with Crippen LogP contribution in [0.2, 0.25) is 0 Å². The first-order valence-corrected chi connectivity index (χ1v) is 13.1. The molecule has 2 heterocycles. The molecule has 0 aromatic heterocycles. The molecule has 5 rings (SSSR count). The second kappa shape index (κ2) is 12.6. The van der Waals surface area contributed by atoms with Gasteiger partial charge in [0, 0.05) is 32.7 Å². The Bertz CT molecular complexity index is 1340. The van der Waals surface area contributed by atoms with E-state index in [0.29, 0.717) is 50.6 Å². The van der Waals surface area contributed by atoms with Gasteiger partial charge in [-0.05, 0) is 47.4 Å². The van der Waals surface area contributed by atoms with Crippen LogP contribution < -0.4 is 19.7 Å². The molecular formula is C30H31N3O7. The van der Waals surface area contributed by atoms with Crippen LogP contribution in [-0.4, -0.2) is 65.6 Å². The number of hydrogen-bond acceptors (Lipinski definition) is 8. The van der Waals surface area contributed by atoms with Gasteiger partial charge in [0.05, 0.1) is 0 Å². The van der Waals surface area contributed by atoms with E-state index in [9.17, 15) is 14.4 Å². The lowest BCUT2D eigenvalue weighted by Gasteiger charge is -2.36. The number of fused-ring (bicyclic) bond motifs is 1. The summed E-state index contributed by atoms with van der Waals surface area (Å²) in [7, 11) is 0. The van der Waals surface area contributed by atoms with Crippen molar-refractivity contribution in [3.05, 3.63) is 89.5 Å². The summed E-state index contributed by atoms with van der Waals surface area (Å²) >= 11 is 0. The highest BCUT2D eigenvalue weighted by atomic mass is 16.7. The van der Waals surface area contributed by atoms with Crippen molar-refractivity contribution >= 4 is 17.6 Å². The van der Waals surface area contributed by atoms with E-state index < -0.39 is 23.5 Å². The number of ether oxygens (including phenoxy) is 3. The van der Waals surface area contributed by atoms with E-state index in [1.54, 1.807) is 29.2 Å². The Hall–Kier alpha value is -4.41. The molecule has 2 amide bonds. The normalized spacial score (nSPS) is 15.4. The van der Waals surface area contributed by atoms with Gasteiger partial charge in [-0.2, -0.15) is 0 Å². The molecule has 2 aliphatic heterocycles. The molecule has 0 spiro atoms. The largest absolute Gasteiger partial charge is 0.489 e. The van der Waals surface area contributed by atoms with Crippen LogP contribution in [0, 0.1) is 5.92 Å². The molecule has 2 N–H and O–H groups in total. The number of amides is 2. The van der Waals surface area contributed by atoms with Crippen molar-refractivity contribution in [3.63, 3.8) is 0 Å². The van der Waals surface area contributed by atoms with Crippen molar-refractivity contribution in [2.75, 3.05) is 33.0 Å². The van der Waals surface area contributed by atoms with Crippen molar-refractivity contribution in [2.45, 2.75) is 19.6 Å².